The molecule has 2 aromatic carbocycles. The second kappa shape index (κ2) is 19.2. The van der Waals surface area contributed by atoms with Gasteiger partial charge in [0.15, 0.2) is 5.78 Å². The van der Waals surface area contributed by atoms with E-state index in [1.54, 1.807) is 0 Å². The number of hydrogen-bond acceptors (Lipinski definition) is 9. The molecule has 0 N–H and O–H groups in total. The Labute approximate surface area is 388 Å². The maximum absolute atomic E-state index is 15.0. The van der Waals surface area contributed by atoms with Crippen LogP contribution in [0.4, 0.5) is 0 Å². The van der Waals surface area contributed by atoms with Gasteiger partial charge < -0.3 is 9.80 Å². The average Bonchev–Trinajstić information content (AvgIpc) is 4.00. The van der Waals surface area contributed by atoms with Gasteiger partial charge in [0, 0.05) is 60.1 Å². The number of benzene rings is 2. The Morgan fingerprint density at radius 3 is 1.33 bits per heavy atom. The summed E-state index contributed by atoms with van der Waals surface area (Å²) in [5.41, 5.74) is 12.9. The first kappa shape index (κ1) is 43.5. The molecule has 0 bridgehead atoms. The Bertz CT molecular complexity index is 2710. The third-order valence-electron chi connectivity index (χ3n) is 13.9. The molecule has 336 valence electrons. The zero-order chi connectivity index (χ0) is 45.1. The number of nitrogens with zero attached hydrogens (tertiary/aromatic N) is 10. The van der Waals surface area contributed by atoms with Crippen molar-refractivity contribution in [2.75, 3.05) is 67.5 Å². The predicted octanol–water partition coefficient (Wildman–Crippen LogP) is 8.93. The fourth-order valence-corrected chi connectivity index (χ4v) is 10.4. The summed E-state index contributed by atoms with van der Waals surface area (Å²) in [6.07, 6.45) is 16.1. The van der Waals surface area contributed by atoms with Crippen molar-refractivity contribution in [3.8, 4) is 45.0 Å². The number of carbonyl (C=O) groups is 1. The summed E-state index contributed by atoms with van der Waals surface area (Å²) in [7, 11) is 8.39. The Hall–Kier alpha value is -6.37. The topological polar surface area (TPSA) is 90.4 Å². The van der Waals surface area contributed by atoms with E-state index in [9.17, 15) is 4.79 Å². The van der Waals surface area contributed by atoms with Crippen LogP contribution in [0.3, 0.4) is 0 Å². The number of imidazole rings is 2. The SMILES string of the molecule is CN(C)CC(C(=O)C(CN(C)C)N1CCC(c2ccn3c(-c4ccnc(-c5ccccc5)c4)cnc3c2)CC1)N1CCC(c2ccn3c(-c4ccnc(-c5ccccc5)c4)cnc3c2)CC1. The lowest BCUT2D eigenvalue weighted by molar-refractivity contribution is -0.132. The van der Waals surface area contributed by atoms with Crippen LogP contribution in [0.15, 0.2) is 146 Å². The van der Waals surface area contributed by atoms with Gasteiger partial charge in [-0.1, -0.05) is 60.7 Å². The van der Waals surface area contributed by atoms with Crippen molar-refractivity contribution in [3.05, 3.63) is 158 Å². The smallest absolute Gasteiger partial charge is 0.169 e. The van der Waals surface area contributed by atoms with Crippen LogP contribution >= 0.6 is 0 Å². The molecule has 11 nitrogen and oxygen atoms in total. The molecule has 0 amide bonds. The fourth-order valence-electron chi connectivity index (χ4n) is 10.4. The summed E-state index contributed by atoms with van der Waals surface area (Å²) >= 11 is 0. The van der Waals surface area contributed by atoms with Crippen LogP contribution in [0.2, 0.25) is 0 Å². The lowest BCUT2D eigenvalue weighted by Crippen LogP contribution is -2.59. The second-order valence-corrected chi connectivity index (χ2v) is 18.8. The molecule has 0 radical (unpaired) electrons. The largest absolute Gasteiger partial charge is 0.307 e. The van der Waals surface area contributed by atoms with Crippen LogP contribution in [-0.4, -0.2) is 134 Å². The standard InChI is InChI=1S/C55H60N10O/c1-60(2)37-51(62-25-17-39(18-26-62)43-21-29-64-49(35-58-53(64)33-43)45-15-23-56-47(31-45)41-11-7-5-8-12-41)55(66)52(38-61(3)4)63-27-19-40(20-28-63)44-22-30-65-50(36-59-54(65)34-44)46-16-24-57-48(32-46)42-13-9-6-10-14-42/h5-16,21-24,29-36,39-40,51-52H,17-20,25-28,37-38H2,1-4H3. The molecule has 6 aromatic heterocycles. The van der Waals surface area contributed by atoms with Crippen LogP contribution in [0.25, 0.3) is 56.3 Å². The van der Waals surface area contributed by atoms with Crippen molar-refractivity contribution < 1.29 is 4.79 Å². The molecule has 2 aliphatic heterocycles. The second-order valence-electron chi connectivity index (χ2n) is 18.8. The Morgan fingerprint density at radius 1 is 0.530 bits per heavy atom. The van der Waals surface area contributed by atoms with E-state index < -0.39 is 0 Å². The van der Waals surface area contributed by atoms with Crippen molar-refractivity contribution in [1.29, 1.82) is 0 Å². The van der Waals surface area contributed by atoms with Gasteiger partial charge in [-0.05, 0) is 152 Å². The summed E-state index contributed by atoms with van der Waals surface area (Å²) < 4.78 is 4.36. The molecular formula is C55H60N10O. The Morgan fingerprint density at radius 2 is 0.939 bits per heavy atom. The molecule has 0 saturated carbocycles. The molecule has 10 rings (SSSR count). The van der Waals surface area contributed by atoms with Crippen molar-refractivity contribution in [2.24, 2.45) is 0 Å². The van der Waals surface area contributed by atoms with Crippen LogP contribution in [0.1, 0.15) is 48.6 Å². The van der Waals surface area contributed by atoms with E-state index in [2.05, 4.69) is 152 Å². The van der Waals surface area contributed by atoms with E-state index in [0.29, 0.717) is 30.7 Å². The van der Waals surface area contributed by atoms with Gasteiger partial charge >= 0.3 is 0 Å². The van der Waals surface area contributed by atoms with Gasteiger partial charge in [0.25, 0.3) is 0 Å². The molecule has 2 aliphatic rings. The van der Waals surface area contributed by atoms with Crippen molar-refractivity contribution in [1.82, 2.24) is 48.3 Å². The van der Waals surface area contributed by atoms with E-state index in [1.165, 1.54) is 11.1 Å². The summed E-state index contributed by atoms with van der Waals surface area (Å²) in [5.74, 6) is 1.18. The quantitative estimate of drug-likeness (QED) is 0.106. The van der Waals surface area contributed by atoms with Gasteiger partial charge in [0.2, 0.25) is 0 Å². The number of piperidine rings is 2. The molecule has 2 atom stereocenters. The molecule has 2 fully saturated rings. The van der Waals surface area contributed by atoms with Crippen molar-refractivity contribution in [3.63, 3.8) is 0 Å². The van der Waals surface area contributed by atoms with Gasteiger partial charge in [-0.3, -0.25) is 33.4 Å². The summed E-state index contributed by atoms with van der Waals surface area (Å²) in [6, 6.07) is 37.7. The summed E-state index contributed by atoms with van der Waals surface area (Å²) in [4.78, 5) is 43.3. The fraction of sp³-hybridized carbons (Fsp3) is 0.327. The molecule has 0 spiro atoms. The molecule has 8 heterocycles. The minimum absolute atomic E-state index is 0.164. The Kier molecular flexibility index (Phi) is 12.7. The maximum atomic E-state index is 15.0. The third kappa shape index (κ3) is 9.21. The van der Waals surface area contributed by atoms with Crippen LogP contribution in [0.5, 0.6) is 0 Å². The molecule has 8 aromatic rings. The van der Waals surface area contributed by atoms with Gasteiger partial charge in [-0.2, -0.15) is 0 Å². The number of ketones is 1. The monoisotopic (exact) mass is 876 g/mol. The highest BCUT2D eigenvalue weighted by Gasteiger charge is 2.38. The third-order valence-corrected chi connectivity index (χ3v) is 13.9. The molecule has 11 heteroatoms. The predicted molar refractivity (Wildman–Crippen MR) is 265 cm³/mol. The first-order valence-electron chi connectivity index (χ1n) is 23.5. The lowest BCUT2D eigenvalue weighted by Gasteiger charge is -2.43. The van der Waals surface area contributed by atoms with E-state index in [-0.39, 0.29) is 12.1 Å². The molecule has 0 aliphatic carbocycles. The summed E-state index contributed by atoms with van der Waals surface area (Å²) in [6.45, 7) is 5.00. The van der Waals surface area contributed by atoms with E-state index in [1.807, 2.05) is 61.2 Å². The number of pyridine rings is 4. The number of fused-ring (bicyclic) bond motifs is 2. The highest BCUT2D eigenvalue weighted by molar-refractivity contribution is 5.89. The Balaban J connectivity index is 0.793. The highest BCUT2D eigenvalue weighted by atomic mass is 16.1. The molecule has 2 saturated heterocycles. The zero-order valence-corrected chi connectivity index (χ0v) is 38.6. The molecule has 2 unspecified atom stereocenters. The van der Waals surface area contributed by atoms with Crippen LogP contribution in [-0.2, 0) is 4.79 Å². The molecular weight excluding hydrogens is 817 g/mol. The van der Waals surface area contributed by atoms with Gasteiger partial charge in [0.05, 0.1) is 47.3 Å². The van der Waals surface area contributed by atoms with Gasteiger partial charge in [-0.15, -0.1) is 0 Å². The number of Topliss-reactive ketones (excluding diaryl/α,β-unsaturated/α-hetero) is 1. The normalized spacial score (nSPS) is 16.7. The minimum Gasteiger partial charge on any atom is -0.307 e. The number of aromatic nitrogens is 6. The van der Waals surface area contributed by atoms with Gasteiger partial charge in [-0.25, -0.2) is 9.97 Å². The summed E-state index contributed by atoms with van der Waals surface area (Å²) in [5, 5.41) is 0. The van der Waals surface area contributed by atoms with Gasteiger partial charge in [0.1, 0.15) is 11.3 Å². The maximum Gasteiger partial charge on any atom is 0.169 e. The first-order chi connectivity index (χ1) is 32.3. The number of rotatable bonds is 14. The van der Waals surface area contributed by atoms with E-state index in [0.717, 1.165) is 108 Å². The highest BCUT2D eigenvalue weighted by Crippen LogP contribution is 2.35. The minimum atomic E-state index is -0.164. The first-order valence-corrected chi connectivity index (χ1v) is 23.5. The van der Waals surface area contributed by atoms with E-state index in [4.69, 9.17) is 9.97 Å². The van der Waals surface area contributed by atoms with E-state index >= 15 is 0 Å². The zero-order valence-electron chi connectivity index (χ0n) is 38.6. The van der Waals surface area contributed by atoms with Crippen LogP contribution in [0, 0.1) is 0 Å². The lowest BCUT2D eigenvalue weighted by atomic mass is 9.87. The average molecular weight is 877 g/mol. The number of likely N-dealkylation sites (N-methyl/N-ethyl adjacent to an activating group) is 2. The number of hydrogen-bond donors (Lipinski definition) is 0. The molecule has 66 heavy (non-hydrogen) atoms. The van der Waals surface area contributed by atoms with Crippen molar-refractivity contribution >= 4 is 17.1 Å². The number of likely N-dealkylation sites (tertiary alicyclic amines) is 2. The van der Waals surface area contributed by atoms with Crippen LogP contribution < -0.4 is 0 Å². The van der Waals surface area contributed by atoms with Crippen molar-refractivity contribution in [2.45, 2.75) is 49.6 Å². The number of carbonyl (C=O) groups excluding carboxylic acids is 1.